The van der Waals surface area contributed by atoms with Gasteiger partial charge in [0.05, 0.1) is 23.2 Å². The second kappa shape index (κ2) is 9.41. The molecule has 156 valence electrons. The van der Waals surface area contributed by atoms with Crippen LogP contribution in [0.3, 0.4) is 0 Å². The summed E-state index contributed by atoms with van der Waals surface area (Å²) in [6.45, 7) is 7.75. The summed E-state index contributed by atoms with van der Waals surface area (Å²) in [6.07, 6.45) is 0.452. The van der Waals surface area contributed by atoms with Crippen molar-refractivity contribution in [3.8, 4) is 5.75 Å². The molecule has 2 rings (SSSR count). The molecule has 0 aromatic heterocycles. The van der Waals surface area contributed by atoms with E-state index in [4.69, 9.17) is 9.47 Å². The van der Waals surface area contributed by atoms with Crippen LogP contribution in [0, 0.1) is 5.92 Å². The third kappa shape index (κ3) is 6.51. The Kier molecular flexibility index (Phi) is 7.46. The second-order valence-corrected chi connectivity index (χ2v) is 9.99. The van der Waals surface area contributed by atoms with Gasteiger partial charge in [0.15, 0.2) is 16.4 Å². The Morgan fingerprint density at radius 2 is 1.79 bits per heavy atom. The van der Waals surface area contributed by atoms with Crippen molar-refractivity contribution >= 4 is 21.7 Å². The Labute approximate surface area is 166 Å². The molecule has 0 saturated carbocycles. The summed E-state index contributed by atoms with van der Waals surface area (Å²) < 4.78 is 34.2. The van der Waals surface area contributed by atoms with E-state index in [0.29, 0.717) is 24.3 Å². The third-order valence-corrected chi connectivity index (χ3v) is 6.07. The first-order chi connectivity index (χ1) is 13.1. The maximum absolute atomic E-state index is 12.6. The SMILES string of the molecule is CC(C)CN(C(=O)COC(=O)c1ccc(OC(C)C)cc1)C1CCS(=O)(=O)C1. The number of carbonyl (C=O) groups excluding carboxylic acids is 2. The molecule has 1 amide bonds. The van der Waals surface area contributed by atoms with Crippen LogP contribution < -0.4 is 4.74 Å². The van der Waals surface area contributed by atoms with Crippen LogP contribution in [-0.2, 0) is 19.4 Å². The van der Waals surface area contributed by atoms with E-state index < -0.39 is 22.4 Å². The quantitative estimate of drug-likeness (QED) is 0.610. The molecule has 0 N–H and O–H groups in total. The van der Waals surface area contributed by atoms with E-state index in [1.807, 2.05) is 27.7 Å². The summed E-state index contributed by atoms with van der Waals surface area (Å²) in [6, 6.07) is 6.16. The number of amides is 1. The van der Waals surface area contributed by atoms with Crippen LogP contribution in [0.25, 0.3) is 0 Å². The maximum atomic E-state index is 12.6. The van der Waals surface area contributed by atoms with Crippen molar-refractivity contribution in [2.24, 2.45) is 5.92 Å². The first-order valence-electron chi connectivity index (χ1n) is 9.51. The molecule has 7 nitrogen and oxygen atoms in total. The van der Waals surface area contributed by atoms with Gasteiger partial charge < -0.3 is 14.4 Å². The minimum absolute atomic E-state index is 0.0294. The smallest absolute Gasteiger partial charge is 0.338 e. The Bertz CT molecular complexity index is 785. The highest BCUT2D eigenvalue weighted by atomic mass is 32.2. The van der Waals surface area contributed by atoms with Crippen molar-refractivity contribution in [2.75, 3.05) is 24.7 Å². The lowest BCUT2D eigenvalue weighted by Crippen LogP contribution is -2.45. The zero-order valence-corrected chi connectivity index (χ0v) is 17.7. The summed E-state index contributed by atoms with van der Waals surface area (Å²) in [5, 5.41) is 0. The maximum Gasteiger partial charge on any atom is 0.338 e. The van der Waals surface area contributed by atoms with Gasteiger partial charge in [-0.2, -0.15) is 0 Å². The molecule has 1 fully saturated rings. The predicted molar refractivity (Wildman–Crippen MR) is 106 cm³/mol. The highest BCUT2D eigenvalue weighted by Gasteiger charge is 2.35. The number of hydrogen-bond donors (Lipinski definition) is 0. The van der Waals surface area contributed by atoms with Gasteiger partial charge in [-0.05, 0) is 50.5 Å². The van der Waals surface area contributed by atoms with E-state index in [1.165, 1.54) is 0 Å². The van der Waals surface area contributed by atoms with Gasteiger partial charge in [-0.1, -0.05) is 13.8 Å². The molecule has 0 radical (unpaired) electrons. The van der Waals surface area contributed by atoms with Crippen LogP contribution in [0.1, 0.15) is 44.5 Å². The largest absolute Gasteiger partial charge is 0.491 e. The lowest BCUT2D eigenvalue weighted by molar-refractivity contribution is -0.137. The van der Waals surface area contributed by atoms with Crippen LogP contribution in [0.5, 0.6) is 5.75 Å². The van der Waals surface area contributed by atoms with Crippen molar-refractivity contribution in [1.82, 2.24) is 4.90 Å². The number of hydrogen-bond acceptors (Lipinski definition) is 6. The van der Waals surface area contributed by atoms with Crippen LogP contribution in [0.2, 0.25) is 0 Å². The Morgan fingerprint density at radius 3 is 2.29 bits per heavy atom. The first kappa shape index (κ1) is 22.2. The molecule has 28 heavy (non-hydrogen) atoms. The average Bonchev–Trinajstić information content (AvgIpc) is 2.97. The molecule has 1 atom stereocenters. The number of rotatable bonds is 8. The van der Waals surface area contributed by atoms with Crippen molar-refractivity contribution < 1.29 is 27.5 Å². The zero-order chi connectivity index (χ0) is 20.9. The molecular formula is C20H29NO6S. The molecular weight excluding hydrogens is 382 g/mol. The molecule has 8 heteroatoms. The van der Waals surface area contributed by atoms with Gasteiger partial charge in [0.2, 0.25) is 0 Å². The molecule has 0 aliphatic carbocycles. The fraction of sp³-hybridized carbons (Fsp3) is 0.600. The molecule has 1 saturated heterocycles. The number of ether oxygens (including phenoxy) is 2. The Balaban J connectivity index is 1.96. The van der Waals surface area contributed by atoms with Crippen LogP contribution in [0.4, 0.5) is 0 Å². The van der Waals surface area contributed by atoms with Gasteiger partial charge in [0, 0.05) is 12.6 Å². The molecule has 1 aromatic carbocycles. The van der Waals surface area contributed by atoms with Gasteiger partial charge in [0.25, 0.3) is 5.91 Å². The molecule has 1 aromatic rings. The summed E-state index contributed by atoms with van der Waals surface area (Å²) in [5.74, 6) is -0.0950. The summed E-state index contributed by atoms with van der Waals surface area (Å²) in [4.78, 5) is 26.4. The predicted octanol–water partition coefficient (Wildman–Crippen LogP) is 2.30. The fourth-order valence-electron chi connectivity index (χ4n) is 3.10. The fourth-order valence-corrected chi connectivity index (χ4v) is 4.84. The average molecular weight is 412 g/mol. The number of esters is 1. The van der Waals surface area contributed by atoms with E-state index in [0.717, 1.165) is 0 Å². The summed E-state index contributed by atoms with van der Waals surface area (Å²) >= 11 is 0. The normalized spacial score (nSPS) is 18.3. The van der Waals surface area contributed by atoms with Crippen molar-refractivity contribution in [2.45, 2.75) is 46.3 Å². The van der Waals surface area contributed by atoms with Crippen LogP contribution in [0.15, 0.2) is 24.3 Å². The molecule has 1 heterocycles. The number of carbonyl (C=O) groups is 2. The Morgan fingerprint density at radius 1 is 1.14 bits per heavy atom. The van der Waals surface area contributed by atoms with E-state index in [-0.39, 0.29) is 35.5 Å². The van der Waals surface area contributed by atoms with Gasteiger partial charge >= 0.3 is 5.97 Å². The Hall–Kier alpha value is -2.09. The van der Waals surface area contributed by atoms with Crippen molar-refractivity contribution in [3.63, 3.8) is 0 Å². The highest BCUT2D eigenvalue weighted by Crippen LogP contribution is 2.20. The third-order valence-electron chi connectivity index (χ3n) is 4.32. The van der Waals surface area contributed by atoms with E-state index >= 15 is 0 Å². The summed E-state index contributed by atoms with van der Waals surface area (Å²) in [5.41, 5.74) is 0.322. The van der Waals surface area contributed by atoms with Crippen LogP contribution in [-0.4, -0.2) is 62.0 Å². The zero-order valence-electron chi connectivity index (χ0n) is 16.9. The minimum Gasteiger partial charge on any atom is -0.491 e. The van der Waals surface area contributed by atoms with Gasteiger partial charge in [-0.15, -0.1) is 0 Å². The van der Waals surface area contributed by atoms with E-state index in [2.05, 4.69) is 0 Å². The van der Waals surface area contributed by atoms with E-state index in [9.17, 15) is 18.0 Å². The topological polar surface area (TPSA) is 90.0 Å². The number of benzene rings is 1. The summed E-state index contributed by atoms with van der Waals surface area (Å²) in [7, 11) is -3.11. The van der Waals surface area contributed by atoms with Crippen LogP contribution >= 0.6 is 0 Å². The molecule has 1 unspecified atom stereocenters. The number of sulfone groups is 1. The first-order valence-corrected chi connectivity index (χ1v) is 11.3. The molecule has 0 bridgehead atoms. The monoisotopic (exact) mass is 411 g/mol. The molecule has 1 aliphatic heterocycles. The second-order valence-electron chi connectivity index (χ2n) is 7.76. The molecule has 1 aliphatic rings. The lowest BCUT2D eigenvalue weighted by atomic mass is 10.1. The lowest BCUT2D eigenvalue weighted by Gasteiger charge is -2.29. The van der Waals surface area contributed by atoms with Crippen molar-refractivity contribution in [3.05, 3.63) is 29.8 Å². The minimum atomic E-state index is -3.11. The highest BCUT2D eigenvalue weighted by molar-refractivity contribution is 7.91. The van der Waals surface area contributed by atoms with Gasteiger partial charge in [-0.3, -0.25) is 4.79 Å². The van der Waals surface area contributed by atoms with Crippen molar-refractivity contribution in [1.29, 1.82) is 0 Å². The van der Waals surface area contributed by atoms with E-state index in [1.54, 1.807) is 29.2 Å². The van der Waals surface area contributed by atoms with Gasteiger partial charge in [-0.25, -0.2) is 13.2 Å². The van der Waals surface area contributed by atoms with Gasteiger partial charge in [0.1, 0.15) is 5.75 Å². The number of nitrogens with zero attached hydrogens (tertiary/aromatic N) is 1. The standard InChI is InChI=1S/C20H29NO6S/c1-14(2)11-21(17-9-10-28(24,25)13-17)19(22)12-26-20(23)16-5-7-18(8-6-16)27-15(3)4/h5-8,14-15,17H,9-13H2,1-4H3. The molecule has 0 spiro atoms.